The van der Waals surface area contributed by atoms with Gasteiger partial charge in [0.15, 0.2) is 42.8 Å². The van der Waals surface area contributed by atoms with E-state index in [0.29, 0.717) is 38.8 Å². The zero-order valence-corrected chi connectivity index (χ0v) is 83.0. The van der Waals surface area contributed by atoms with Crippen molar-refractivity contribution in [1.29, 1.82) is 0 Å². The van der Waals surface area contributed by atoms with Gasteiger partial charge in [0.2, 0.25) is 3.79 Å². The molecule has 0 radical (unpaired) electrons. The molecule has 36 heteroatoms. The number of nitrogens with one attached hydrogen (secondary N) is 2. The number of amides is 3. The monoisotopic (exact) mass is 2020 g/mol. The molecule has 2 N–H and O–H groups in total. The molecule has 9 unspecified atom stereocenters. The largest absolute Gasteiger partial charge is 0.463 e. The fourth-order valence-electron chi connectivity index (χ4n) is 18.5. The summed E-state index contributed by atoms with van der Waals surface area (Å²) in [5.74, 6) is -8.00. The maximum atomic E-state index is 15.8. The van der Waals surface area contributed by atoms with Gasteiger partial charge in [0.25, 0.3) is 0 Å². The highest BCUT2D eigenvalue weighted by molar-refractivity contribution is 6.67. The zero-order chi connectivity index (χ0) is 100. The van der Waals surface area contributed by atoms with Gasteiger partial charge in [-0.05, 0) is 97.9 Å². The minimum Gasteiger partial charge on any atom is -0.463 e. The maximum absolute atomic E-state index is 15.8. The molecule has 7 aromatic carbocycles. The zero-order valence-electron chi connectivity index (χ0n) is 80.7. The smallest absolute Gasteiger partial charge is 0.410 e. The standard InChI is InChI=1S/C104H128Cl3N3O28.CO2/c1-11-77-89(136-102(8,9)135-77)90-83-78(130-100(115)108-83)52-103(10,137-90)138-91-88(134-95-65(3)64(2)85(82(128-95)62-121-69(7)112)122-56-73-42-26-15-27-43-73)81(60-118-55-72-40-24-14-25-41-72)129-98(93(91)131-94(113)76-48-32-18-33-49-76)132-86-66(4)80(61-120-68(6)111)126-96(84(86)109-99(114)125-63-104(105,106)107)133-87-67(5)79(59-117-54-71-38-22-13-23-39-71)127-97(92(87)123-57-74-44-28-16-29-45-74)119-51-35-19-34-50-110(53-70-36-20-12-21-37-70)101(116)124-58-75-46-30-17-31-47-75;2-1-3/h12-18,20-33,36-49,64-67,77-93,95-98H,11,19,34-35,50-63H2,1-10H3,(H,108,115)(H,109,114);/t64-,65+,66-,67+,77-,78-,79?,80?,81?,82?,83-,84?,85-,86+,87+,88+,89-,90?,91+,92?,93?,95?,96+,97-,98+,103-;/m1./s1. The summed E-state index contributed by atoms with van der Waals surface area (Å²) >= 11 is 19.2. The number of alkyl halides is 3. The number of unbranched alkanes of at least 4 members (excludes halogenated alkanes) is 2. The van der Waals surface area contributed by atoms with Crippen molar-refractivity contribution in [3.63, 3.8) is 0 Å². The van der Waals surface area contributed by atoms with Crippen molar-refractivity contribution >= 4 is 77.1 Å². The van der Waals surface area contributed by atoms with Crippen LogP contribution in [0.15, 0.2) is 212 Å². The van der Waals surface area contributed by atoms with Gasteiger partial charge in [0.05, 0.1) is 87.9 Å². The summed E-state index contributed by atoms with van der Waals surface area (Å²) < 4.78 is 149. The molecule has 7 fully saturated rings. The van der Waals surface area contributed by atoms with E-state index in [-0.39, 0.29) is 77.6 Å². The Bertz CT molecular complexity index is 5050. The van der Waals surface area contributed by atoms with Crippen LogP contribution in [-0.2, 0) is 163 Å². The molecule has 0 aromatic heterocycles. The summed E-state index contributed by atoms with van der Waals surface area (Å²) in [6.07, 6.45) is -23.8. The Morgan fingerprint density at radius 3 is 1.52 bits per heavy atom. The van der Waals surface area contributed by atoms with Gasteiger partial charge in [-0.1, -0.05) is 270 Å². The molecule has 7 aliphatic heterocycles. The first kappa shape index (κ1) is 109. The predicted octanol–water partition coefficient (Wildman–Crippen LogP) is 15.7. The van der Waals surface area contributed by atoms with Gasteiger partial charge in [-0.3, -0.25) is 9.59 Å². The normalized spacial score (nSPS) is 30.0. The average Bonchev–Trinajstić information content (AvgIpc) is 1.57. The first-order valence-corrected chi connectivity index (χ1v) is 49.0. The molecule has 7 saturated heterocycles. The number of rotatable bonds is 43. The topological polar surface area (TPSA) is 367 Å². The highest BCUT2D eigenvalue weighted by Gasteiger charge is 2.63. The van der Waals surface area contributed by atoms with Crippen LogP contribution in [0, 0.1) is 23.7 Å². The third kappa shape index (κ3) is 31.4. The van der Waals surface area contributed by atoms with E-state index < -0.39 is 217 Å². The number of alkyl carbamates (subject to hydrolysis) is 2. The lowest BCUT2D eigenvalue weighted by atomic mass is 9.84. The first-order valence-electron chi connectivity index (χ1n) is 47.9. The van der Waals surface area contributed by atoms with Crippen molar-refractivity contribution in [1.82, 2.24) is 15.5 Å². The number of ether oxygens (including phenoxy) is 22. The Labute approximate surface area is 836 Å². The molecule has 0 aliphatic carbocycles. The van der Waals surface area contributed by atoms with Gasteiger partial charge in [0.1, 0.15) is 81.3 Å². The Balaban J connectivity index is 0.00000550. The quantitative estimate of drug-likeness (QED) is 0.0155. The Kier molecular flexibility index (Phi) is 40.6. The highest BCUT2D eigenvalue weighted by Crippen LogP contribution is 2.47. The summed E-state index contributed by atoms with van der Waals surface area (Å²) in [6.45, 7) is 16.6. The van der Waals surface area contributed by atoms with Crippen molar-refractivity contribution < 1.29 is 143 Å². The van der Waals surface area contributed by atoms with E-state index in [1.807, 2.05) is 210 Å². The summed E-state index contributed by atoms with van der Waals surface area (Å²) in [5.41, 5.74) is 5.16. The molecule has 3 amide bonds. The lowest BCUT2D eigenvalue weighted by Crippen LogP contribution is -2.70. The van der Waals surface area contributed by atoms with Crippen LogP contribution >= 0.6 is 34.8 Å². The van der Waals surface area contributed by atoms with Crippen LogP contribution < -0.4 is 10.6 Å². The van der Waals surface area contributed by atoms with E-state index >= 15 is 9.59 Å². The van der Waals surface area contributed by atoms with Gasteiger partial charge in [-0.15, -0.1) is 0 Å². The van der Waals surface area contributed by atoms with E-state index in [0.717, 1.165) is 33.4 Å². The van der Waals surface area contributed by atoms with Gasteiger partial charge in [-0.25, -0.2) is 19.2 Å². The number of carbonyl (C=O) groups is 6. The Morgan fingerprint density at radius 1 is 0.475 bits per heavy atom. The Hall–Kier alpha value is -9.63. The summed E-state index contributed by atoms with van der Waals surface area (Å²) in [5, 5.41) is 5.97. The highest BCUT2D eigenvalue weighted by atomic mass is 35.6. The van der Waals surface area contributed by atoms with Crippen LogP contribution in [0.1, 0.15) is 145 Å². The molecule has 764 valence electrons. The molecule has 141 heavy (non-hydrogen) atoms. The number of hydrogen-bond acceptors (Lipinski definition) is 30. The third-order valence-corrected chi connectivity index (χ3v) is 26.1. The number of fused-ring (bicyclic) bond motifs is 1. The third-order valence-electron chi connectivity index (χ3n) is 25.8. The number of nitrogens with zero attached hydrogens (tertiary/aromatic N) is 1. The van der Waals surface area contributed by atoms with Crippen molar-refractivity contribution in [3.05, 3.63) is 251 Å². The number of halogens is 3. The van der Waals surface area contributed by atoms with E-state index in [1.165, 1.54) is 13.8 Å². The van der Waals surface area contributed by atoms with E-state index in [2.05, 4.69) is 10.6 Å². The van der Waals surface area contributed by atoms with Crippen LogP contribution in [0.5, 0.6) is 0 Å². The second-order valence-corrected chi connectivity index (χ2v) is 39.3. The first-order chi connectivity index (χ1) is 67.9. The molecule has 7 aromatic rings. The second-order valence-electron chi connectivity index (χ2n) is 36.8. The SMILES string of the molecule is CC[C@H]1OC(C)(C)O[C@H]1C1O[C@](C)(O[C@@H]2C(OC(=O)c3ccccc3)[C@H](O[C@@H]3C(NC(=O)OCC(Cl)(Cl)Cl)[C@H](O[C@@H]4C(OCc5ccccc5)[C@H](OCCCCCN(Cc5ccccc5)C(=O)OCc5ccccc5)OC(COCc5ccccc5)[C@@H]4C)OC(COC(C)=O)[C@H]3C)OC(COCc3ccccc3)[C@@H]2OC2OC(COC(C)=O)[C@H](OCc3ccccc3)[C@H](C)[C@@H]2C)C[C@H]2OC(=O)N[C@@H]12.O=C=O. The van der Waals surface area contributed by atoms with Crippen molar-refractivity contribution in [2.75, 3.05) is 46.2 Å². The number of carbonyl (C=O) groups excluding carboxylic acids is 8. The maximum Gasteiger partial charge on any atom is 0.410 e. The van der Waals surface area contributed by atoms with Crippen LogP contribution in [-0.4, -0.2) is 238 Å². The number of esters is 3. The van der Waals surface area contributed by atoms with E-state index in [1.54, 1.807) is 62.9 Å². The molecular weight excluding hydrogens is 1890 g/mol. The van der Waals surface area contributed by atoms with Crippen molar-refractivity contribution in [2.45, 2.75) is 285 Å². The minimum atomic E-state index is -2.15. The van der Waals surface area contributed by atoms with Gasteiger partial charge in [-0.2, -0.15) is 9.59 Å². The van der Waals surface area contributed by atoms with Gasteiger partial charge < -0.3 is 120 Å². The lowest BCUT2D eigenvalue weighted by molar-refractivity contribution is -0.400. The average molecular weight is 2020 g/mol. The number of hydrogen-bond donors (Lipinski definition) is 2. The lowest BCUT2D eigenvalue weighted by Gasteiger charge is -2.54. The molecule has 14 rings (SSSR count). The van der Waals surface area contributed by atoms with Crippen LogP contribution in [0.25, 0.3) is 0 Å². The van der Waals surface area contributed by atoms with Gasteiger partial charge in [0, 0.05) is 57.7 Å². The van der Waals surface area contributed by atoms with E-state index in [4.69, 9.17) is 149 Å². The minimum absolute atomic E-state index is 0.00420. The summed E-state index contributed by atoms with van der Waals surface area (Å²) in [7, 11) is 0. The molecule has 33 nitrogen and oxygen atoms in total. The fourth-order valence-corrected chi connectivity index (χ4v) is 18.7. The Morgan fingerprint density at radius 2 is 0.957 bits per heavy atom. The molecular formula is C105H128Cl3N3O30. The van der Waals surface area contributed by atoms with Crippen LogP contribution in [0.3, 0.4) is 0 Å². The van der Waals surface area contributed by atoms with Crippen molar-refractivity contribution in [2.24, 2.45) is 23.7 Å². The van der Waals surface area contributed by atoms with Crippen LogP contribution in [0.4, 0.5) is 14.4 Å². The fraction of sp³-hybridized carbons (Fsp3) is 0.533. The summed E-state index contributed by atoms with van der Waals surface area (Å²) in [6, 6.07) is 63.0. The van der Waals surface area contributed by atoms with Crippen LogP contribution in [0.2, 0.25) is 0 Å². The molecule has 7 heterocycles. The second kappa shape index (κ2) is 52.8. The summed E-state index contributed by atoms with van der Waals surface area (Å²) in [4.78, 5) is 103. The van der Waals surface area contributed by atoms with E-state index in [9.17, 15) is 19.2 Å². The molecule has 0 bridgehead atoms. The molecule has 0 saturated carbocycles. The predicted molar refractivity (Wildman–Crippen MR) is 508 cm³/mol. The molecule has 0 spiro atoms. The molecule has 7 aliphatic rings. The van der Waals surface area contributed by atoms with Gasteiger partial charge >= 0.3 is 42.3 Å². The number of benzene rings is 7. The molecule has 26 atom stereocenters. The van der Waals surface area contributed by atoms with Crippen molar-refractivity contribution in [3.8, 4) is 0 Å².